The molecule has 0 N–H and O–H groups in total. The van der Waals surface area contributed by atoms with Gasteiger partial charge in [-0.1, -0.05) is 6.07 Å². The molecule has 92 valence electrons. The van der Waals surface area contributed by atoms with Gasteiger partial charge >= 0.3 is 0 Å². The van der Waals surface area contributed by atoms with Gasteiger partial charge in [0.05, 0.1) is 11.6 Å². The third-order valence-electron chi connectivity index (χ3n) is 3.48. The lowest BCUT2D eigenvalue weighted by molar-refractivity contribution is 0.0943. The van der Waals surface area contributed by atoms with E-state index in [1.54, 1.807) is 23.1 Å². The second kappa shape index (κ2) is 4.37. The highest BCUT2D eigenvalue weighted by atomic mass is 16.1. The van der Waals surface area contributed by atoms with Gasteiger partial charge in [-0.15, -0.1) is 0 Å². The molecule has 0 bridgehead atoms. The number of carbonyl (C=O) groups is 1. The fourth-order valence-electron chi connectivity index (χ4n) is 2.59. The first-order valence-corrected chi connectivity index (χ1v) is 6.23. The van der Waals surface area contributed by atoms with E-state index >= 15 is 0 Å². The first-order valence-electron chi connectivity index (χ1n) is 6.23. The maximum Gasteiger partial charge on any atom is 0.192 e. The monoisotopic (exact) mass is 241 g/mol. The van der Waals surface area contributed by atoms with Crippen LogP contribution >= 0.6 is 0 Å². The van der Waals surface area contributed by atoms with E-state index in [9.17, 15) is 4.79 Å². The summed E-state index contributed by atoms with van der Waals surface area (Å²) in [6.45, 7) is 0. The van der Waals surface area contributed by atoms with Gasteiger partial charge < -0.3 is 0 Å². The van der Waals surface area contributed by atoms with Crippen molar-refractivity contribution in [3.05, 3.63) is 47.5 Å². The molecule has 1 unspecified atom stereocenters. The Morgan fingerprint density at radius 3 is 3.11 bits per heavy atom. The molecule has 18 heavy (non-hydrogen) atoms. The van der Waals surface area contributed by atoms with Gasteiger partial charge in [0.1, 0.15) is 5.69 Å². The number of ketones is 1. The Bertz CT molecular complexity index is 588. The average Bonchev–Trinajstić information content (AvgIpc) is 2.84. The Kier molecular flexibility index (Phi) is 2.70. The summed E-state index contributed by atoms with van der Waals surface area (Å²) < 4.78 is 1.66. The van der Waals surface area contributed by atoms with Crippen molar-refractivity contribution >= 4 is 5.78 Å². The van der Waals surface area contributed by atoms with Gasteiger partial charge in [-0.3, -0.25) is 14.5 Å². The van der Waals surface area contributed by atoms with E-state index in [4.69, 9.17) is 0 Å². The molecule has 1 atom stereocenters. The molecule has 1 aliphatic carbocycles. The number of pyridine rings is 1. The van der Waals surface area contributed by atoms with E-state index in [2.05, 4.69) is 16.1 Å². The maximum atomic E-state index is 12.5. The largest absolute Gasteiger partial charge is 0.292 e. The van der Waals surface area contributed by atoms with Gasteiger partial charge in [0.15, 0.2) is 5.78 Å². The van der Waals surface area contributed by atoms with Crippen molar-refractivity contribution in [2.75, 3.05) is 0 Å². The molecule has 4 nitrogen and oxygen atoms in total. The lowest BCUT2D eigenvalue weighted by atomic mass is 9.83. The molecule has 0 saturated heterocycles. The Labute approximate surface area is 106 Å². The number of aromatic nitrogens is 3. The highest BCUT2D eigenvalue weighted by Crippen LogP contribution is 2.31. The Morgan fingerprint density at radius 2 is 2.33 bits per heavy atom. The van der Waals surface area contributed by atoms with Gasteiger partial charge in [-0.05, 0) is 37.0 Å². The normalized spacial score (nSPS) is 18.4. The van der Waals surface area contributed by atoms with Crippen molar-refractivity contribution in [1.29, 1.82) is 0 Å². The minimum absolute atomic E-state index is 0.0928. The Morgan fingerprint density at radius 1 is 1.44 bits per heavy atom. The molecule has 0 aliphatic heterocycles. The minimum Gasteiger partial charge on any atom is -0.292 e. The standard InChI is InChI=1S/C14H15N3O/c1-17-9-7-12(16-17)14(18)11-6-2-4-10-5-3-8-15-13(10)11/h3,5,7-9,11H,2,4,6H2,1H3. The molecule has 0 saturated carbocycles. The molecule has 2 heterocycles. The molecule has 2 aromatic heterocycles. The Hall–Kier alpha value is -1.97. The fraction of sp³-hybridized carbons (Fsp3) is 0.357. The predicted molar refractivity (Wildman–Crippen MR) is 67.5 cm³/mol. The highest BCUT2D eigenvalue weighted by molar-refractivity contribution is 5.99. The summed E-state index contributed by atoms with van der Waals surface area (Å²) in [5, 5.41) is 4.20. The zero-order valence-corrected chi connectivity index (χ0v) is 10.3. The highest BCUT2D eigenvalue weighted by Gasteiger charge is 2.29. The van der Waals surface area contributed by atoms with Crippen LogP contribution in [0.25, 0.3) is 0 Å². The predicted octanol–water partition coefficient (Wildman–Crippen LogP) is 2.12. The fourth-order valence-corrected chi connectivity index (χ4v) is 2.59. The SMILES string of the molecule is Cn1ccc(C(=O)C2CCCc3cccnc32)n1. The summed E-state index contributed by atoms with van der Waals surface area (Å²) in [4.78, 5) is 16.9. The summed E-state index contributed by atoms with van der Waals surface area (Å²) in [6.07, 6.45) is 6.51. The van der Waals surface area contributed by atoms with E-state index in [0.29, 0.717) is 5.69 Å². The van der Waals surface area contributed by atoms with Gasteiger partial charge in [0.25, 0.3) is 0 Å². The molecule has 2 aromatic rings. The molecule has 4 heteroatoms. The quantitative estimate of drug-likeness (QED) is 0.757. The van der Waals surface area contributed by atoms with E-state index in [1.807, 2.05) is 13.1 Å². The van der Waals surface area contributed by atoms with Crippen LogP contribution in [-0.4, -0.2) is 20.5 Å². The van der Waals surface area contributed by atoms with Crippen LogP contribution in [0, 0.1) is 0 Å². The number of hydrogen-bond acceptors (Lipinski definition) is 3. The van der Waals surface area contributed by atoms with Crippen LogP contribution in [0.4, 0.5) is 0 Å². The number of carbonyl (C=O) groups excluding carboxylic acids is 1. The number of fused-ring (bicyclic) bond motifs is 1. The van der Waals surface area contributed by atoms with Crippen molar-refractivity contribution in [2.24, 2.45) is 7.05 Å². The Balaban J connectivity index is 1.96. The molecule has 0 fully saturated rings. The molecular weight excluding hydrogens is 226 g/mol. The number of hydrogen-bond donors (Lipinski definition) is 0. The van der Waals surface area contributed by atoms with E-state index < -0.39 is 0 Å². The van der Waals surface area contributed by atoms with E-state index in [1.165, 1.54) is 5.56 Å². The topological polar surface area (TPSA) is 47.8 Å². The molecule has 3 rings (SSSR count). The third-order valence-corrected chi connectivity index (χ3v) is 3.48. The van der Waals surface area contributed by atoms with Crippen LogP contribution in [0.15, 0.2) is 30.6 Å². The number of nitrogens with zero attached hydrogens (tertiary/aromatic N) is 3. The lowest BCUT2D eigenvalue weighted by Gasteiger charge is -2.22. The molecule has 0 aromatic carbocycles. The summed E-state index contributed by atoms with van der Waals surface area (Å²) in [5.74, 6) is -0.0277. The molecule has 0 spiro atoms. The summed E-state index contributed by atoms with van der Waals surface area (Å²) in [7, 11) is 1.82. The minimum atomic E-state index is -0.121. The van der Waals surface area contributed by atoms with Crippen molar-refractivity contribution < 1.29 is 4.79 Å². The zero-order chi connectivity index (χ0) is 12.5. The molecule has 1 aliphatic rings. The number of aryl methyl sites for hydroxylation is 2. The summed E-state index contributed by atoms with van der Waals surface area (Å²) in [6, 6.07) is 5.78. The van der Waals surface area contributed by atoms with Gasteiger partial charge in [-0.25, -0.2) is 0 Å². The van der Waals surface area contributed by atoms with Crippen LogP contribution < -0.4 is 0 Å². The van der Waals surface area contributed by atoms with Crippen LogP contribution in [0.3, 0.4) is 0 Å². The van der Waals surface area contributed by atoms with Crippen molar-refractivity contribution in [2.45, 2.75) is 25.2 Å². The van der Waals surface area contributed by atoms with E-state index in [-0.39, 0.29) is 11.7 Å². The molecule has 0 radical (unpaired) electrons. The first-order chi connectivity index (χ1) is 8.75. The summed E-state index contributed by atoms with van der Waals surface area (Å²) in [5.41, 5.74) is 2.69. The zero-order valence-electron chi connectivity index (χ0n) is 10.3. The molecular formula is C14H15N3O. The van der Waals surface area contributed by atoms with Crippen molar-refractivity contribution in [3.8, 4) is 0 Å². The first kappa shape index (κ1) is 11.1. The van der Waals surface area contributed by atoms with E-state index in [0.717, 1.165) is 25.0 Å². The third kappa shape index (κ3) is 1.83. The molecule has 0 amide bonds. The van der Waals surface area contributed by atoms with Crippen molar-refractivity contribution in [3.63, 3.8) is 0 Å². The van der Waals surface area contributed by atoms with Crippen LogP contribution in [0.2, 0.25) is 0 Å². The van der Waals surface area contributed by atoms with Crippen LogP contribution in [0.5, 0.6) is 0 Å². The van der Waals surface area contributed by atoms with Crippen molar-refractivity contribution in [1.82, 2.24) is 14.8 Å². The summed E-state index contributed by atoms with van der Waals surface area (Å²) >= 11 is 0. The van der Waals surface area contributed by atoms with Crippen LogP contribution in [-0.2, 0) is 13.5 Å². The van der Waals surface area contributed by atoms with Crippen LogP contribution in [0.1, 0.15) is 40.5 Å². The second-order valence-electron chi connectivity index (χ2n) is 4.73. The number of Topliss-reactive ketones (excluding diaryl/α,β-unsaturated/α-hetero) is 1. The van der Waals surface area contributed by atoms with Gasteiger partial charge in [0, 0.05) is 19.4 Å². The second-order valence-corrected chi connectivity index (χ2v) is 4.73. The maximum absolute atomic E-state index is 12.5. The van der Waals surface area contributed by atoms with Gasteiger partial charge in [0.2, 0.25) is 0 Å². The smallest absolute Gasteiger partial charge is 0.192 e. The lowest BCUT2D eigenvalue weighted by Crippen LogP contribution is -2.20. The number of rotatable bonds is 2. The van der Waals surface area contributed by atoms with Gasteiger partial charge in [-0.2, -0.15) is 5.10 Å². The average molecular weight is 241 g/mol.